The minimum absolute atomic E-state index is 0.298. The Morgan fingerprint density at radius 3 is 1.97 bits per heavy atom. The molecule has 0 saturated heterocycles. The van der Waals surface area contributed by atoms with Crippen LogP contribution >= 0.6 is 0 Å². The van der Waals surface area contributed by atoms with E-state index in [1.54, 1.807) is 54.7 Å². The second-order valence-corrected chi connectivity index (χ2v) is 6.85. The highest BCUT2D eigenvalue weighted by Gasteiger charge is 2.15. The van der Waals surface area contributed by atoms with E-state index >= 15 is 0 Å². The highest BCUT2D eigenvalue weighted by Crippen LogP contribution is 2.17. The molecule has 0 atom stereocenters. The lowest BCUT2D eigenvalue weighted by Crippen LogP contribution is -2.23. The molecule has 0 spiro atoms. The van der Waals surface area contributed by atoms with Crippen molar-refractivity contribution in [1.82, 2.24) is 10.4 Å². The molecule has 6 heteroatoms. The molecule has 6 nitrogen and oxygen atoms in total. The van der Waals surface area contributed by atoms with E-state index in [0.717, 1.165) is 5.56 Å². The summed E-state index contributed by atoms with van der Waals surface area (Å²) in [6, 6.07) is 30.6. The first kappa shape index (κ1) is 20.7. The fraction of sp³-hybridized carbons (Fsp3) is 0. The Morgan fingerprint density at radius 2 is 1.28 bits per heavy atom. The van der Waals surface area contributed by atoms with Crippen molar-refractivity contribution in [3.63, 3.8) is 0 Å². The maximum Gasteiger partial charge on any atom is 0.273 e. The molecule has 0 bridgehead atoms. The maximum absolute atomic E-state index is 13.0. The molecule has 1 aromatic heterocycles. The van der Waals surface area contributed by atoms with Crippen LogP contribution in [0.25, 0.3) is 0 Å². The predicted molar refractivity (Wildman–Crippen MR) is 125 cm³/mol. The molecule has 4 rings (SSSR count). The number of amides is 2. The summed E-state index contributed by atoms with van der Waals surface area (Å²) in [5.41, 5.74) is 5.78. The van der Waals surface area contributed by atoms with Crippen molar-refractivity contribution in [3.8, 4) is 0 Å². The second-order valence-electron chi connectivity index (χ2n) is 6.85. The van der Waals surface area contributed by atoms with E-state index in [2.05, 4.69) is 20.8 Å². The van der Waals surface area contributed by atoms with Crippen molar-refractivity contribution in [2.75, 3.05) is 5.32 Å². The van der Waals surface area contributed by atoms with Gasteiger partial charge in [0.2, 0.25) is 0 Å². The van der Waals surface area contributed by atoms with Gasteiger partial charge >= 0.3 is 0 Å². The molecule has 32 heavy (non-hydrogen) atoms. The van der Waals surface area contributed by atoms with E-state index in [-0.39, 0.29) is 5.91 Å². The smallest absolute Gasteiger partial charge is 0.273 e. The van der Waals surface area contributed by atoms with Crippen molar-refractivity contribution in [2.24, 2.45) is 5.10 Å². The molecular formula is C26H20N4O2. The Balaban J connectivity index is 1.59. The molecule has 1 heterocycles. The molecule has 0 aliphatic rings. The molecule has 0 unspecified atom stereocenters. The van der Waals surface area contributed by atoms with Crippen LogP contribution in [0.1, 0.15) is 32.0 Å². The molecule has 0 fully saturated rings. The van der Waals surface area contributed by atoms with Crippen molar-refractivity contribution in [3.05, 3.63) is 132 Å². The van der Waals surface area contributed by atoms with Crippen LogP contribution in [0.5, 0.6) is 0 Å². The van der Waals surface area contributed by atoms with Gasteiger partial charge in [-0.15, -0.1) is 0 Å². The van der Waals surface area contributed by atoms with Gasteiger partial charge in [-0.1, -0.05) is 66.7 Å². The number of pyridine rings is 1. The van der Waals surface area contributed by atoms with Gasteiger partial charge in [0.05, 0.1) is 16.9 Å². The number of carbonyl (C=O) groups is 2. The first-order valence-electron chi connectivity index (χ1n) is 10.0. The Labute approximate surface area is 185 Å². The monoisotopic (exact) mass is 420 g/mol. The first-order chi connectivity index (χ1) is 15.7. The standard InChI is InChI=1S/C26H20N4O2/c31-25(20-13-5-2-6-14-20)28-22-16-8-7-15-21(22)26(32)30-29-24(19-11-3-1-4-12-19)23-17-9-10-18-27-23/h1-18H,(H,28,31)(H,30,32)/b29-24+. The number of nitrogens with one attached hydrogen (secondary N) is 2. The fourth-order valence-corrected chi connectivity index (χ4v) is 3.11. The molecule has 4 aromatic rings. The van der Waals surface area contributed by atoms with E-state index in [1.807, 2.05) is 54.6 Å². The molecule has 156 valence electrons. The van der Waals surface area contributed by atoms with E-state index in [4.69, 9.17) is 0 Å². The van der Waals surface area contributed by atoms with Crippen LogP contribution in [0.15, 0.2) is 114 Å². The number of aromatic nitrogens is 1. The number of hydrogen-bond acceptors (Lipinski definition) is 4. The third-order valence-electron chi connectivity index (χ3n) is 4.68. The zero-order chi connectivity index (χ0) is 22.2. The molecule has 0 aliphatic carbocycles. The first-order valence-corrected chi connectivity index (χ1v) is 10.0. The number of carbonyl (C=O) groups excluding carboxylic acids is 2. The quantitative estimate of drug-likeness (QED) is 0.355. The van der Waals surface area contributed by atoms with Crippen molar-refractivity contribution < 1.29 is 9.59 Å². The summed E-state index contributed by atoms with van der Waals surface area (Å²) in [7, 11) is 0. The van der Waals surface area contributed by atoms with Crippen LogP contribution in [-0.2, 0) is 0 Å². The Hall–Kier alpha value is -4.58. The fourth-order valence-electron chi connectivity index (χ4n) is 3.11. The average Bonchev–Trinajstić information content (AvgIpc) is 2.86. The van der Waals surface area contributed by atoms with E-state index in [1.165, 1.54) is 0 Å². The lowest BCUT2D eigenvalue weighted by molar-refractivity contribution is 0.0956. The van der Waals surface area contributed by atoms with Crippen LogP contribution in [0.2, 0.25) is 0 Å². The highest BCUT2D eigenvalue weighted by molar-refractivity contribution is 6.13. The number of nitrogens with zero attached hydrogens (tertiary/aromatic N) is 2. The molecule has 2 amide bonds. The Kier molecular flexibility index (Phi) is 6.43. The number of hydrogen-bond donors (Lipinski definition) is 2. The number of benzene rings is 3. The minimum atomic E-state index is -0.446. The average molecular weight is 420 g/mol. The zero-order valence-corrected chi connectivity index (χ0v) is 17.1. The molecule has 0 radical (unpaired) electrons. The number of anilines is 1. The SMILES string of the molecule is O=C(Nc1ccccc1C(=O)N/N=C(\c1ccccc1)c1ccccn1)c1ccccc1. The predicted octanol–water partition coefficient (Wildman–Crippen LogP) is 4.52. The van der Waals surface area contributed by atoms with Crippen molar-refractivity contribution in [2.45, 2.75) is 0 Å². The Bertz CT molecular complexity index is 1200. The van der Waals surface area contributed by atoms with Gasteiger partial charge in [0.15, 0.2) is 0 Å². The van der Waals surface area contributed by atoms with Gasteiger partial charge in [0, 0.05) is 17.3 Å². The lowest BCUT2D eigenvalue weighted by Gasteiger charge is -2.11. The third kappa shape index (κ3) is 4.94. The summed E-state index contributed by atoms with van der Waals surface area (Å²) in [5.74, 6) is -0.744. The van der Waals surface area contributed by atoms with Crippen LogP contribution in [-0.4, -0.2) is 22.5 Å². The second kappa shape index (κ2) is 9.95. The molecule has 0 saturated carbocycles. The van der Waals surface area contributed by atoms with E-state index < -0.39 is 5.91 Å². The maximum atomic E-state index is 13.0. The topological polar surface area (TPSA) is 83.5 Å². The summed E-state index contributed by atoms with van der Waals surface area (Å²) < 4.78 is 0. The van der Waals surface area contributed by atoms with Crippen LogP contribution in [0.3, 0.4) is 0 Å². The van der Waals surface area contributed by atoms with Crippen molar-refractivity contribution in [1.29, 1.82) is 0 Å². The van der Waals surface area contributed by atoms with Crippen LogP contribution in [0, 0.1) is 0 Å². The summed E-state index contributed by atoms with van der Waals surface area (Å²) >= 11 is 0. The number of para-hydroxylation sites is 1. The van der Waals surface area contributed by atoms with Crippen molar-refractivity contribution >= 4 is 23.2 Å². The van der Waals surface area contributed by atoms with Gasteiger partial charge in [-0.05, 0) is 36.4 Å². The molecular weight excluding hydrogens is 400 g/mol. The van der Waals surface area contributed by atoms with E-state index in [9.17, 15) is 9.59 Å². The van der Waals surface area contributed by atoms with E-state index in [0.29, 0.717) is 28.2 Å². The van der Waals surface area contributed by atoms with Gasteiger partial charge < -0.3 is 5.32 Å². The number of rotatable bonds is 6. The van der Waals surface area contributed by atoms with Gasteiger partial charge in [-0.25, -0.2) is 5.43 Å². The minimum Gasteiger partial charge on any atom is -0.321 e. The number of hydrazone groups is 1. The summed E-state index contributed by atoms with van der Waals surface area (Å²) in [4.78, 5) is 29.9. The van der Waals surface area contributed by atoms with Gasteiger partial charge in [0.1, 0.15) is 5.71 Å². The van der Waals surface area contributed by atoms with Gasteiger partial charge in [0.25, 0.3) is 11.8 Å². The highest BCUT2D eigenvalue weighted by atomic mass is 16.2. The molecule has 2 N–H and O–H groups in total. The van der Waals surface area contributed by atoms with Gasteiger partial charge in [-0.2, -0.15) is 5.10 Å². The van der Waals surface area contributed by atoms with Crippen LogP contribution in [0.4, 0.5) is 5.69 Å². The Morgan fingerprint density at radius 1 is 0.656 bits per heavy atom. The largest absolute Gasteiger partial charge is 0.321 e. The summed E-state index contributed by atoms with van der Waals surface area (Å²) in [5, 5.41) is 7.16. The summed E-state index contributed by atoms with van der Waals surface area (Å²) in [6.07, 6.45) is 1.67. The molecule has 0 aliphatic heterocycles. The molecule has 3 aromatic carbocycles. The zero-order valence-electron chi connectivity index (χ0n) is 17.1. The lowest BCUT2D eigenvalue weighted by atomic mass is 10.1. The summed E-state index contributed by atoms with van der Waals surface area (Å²) in [6.45, 7) is 0. The van der Waals surface area contributed by atoms with Crippen LogP contribution < -0.4 is 10.7 Å². The normalized spacial score (nSPS) is 10.9. The van der Waals surface area contributed by atoms with Gasteiger partial charge in [-0.3, -0.25) is 14.6 Å². The third-order valence-corrected chi connectivity index (χ3v) is 4.68.